The van der Waals surface area contributed by atoms with Crippen molar-refractivity contribution in [3.05, 3.63) is 33.3 Å². The van der Waals surface area contributed by atoms with E-state index in [9.17, 15) is 5.11 Å². The van der Waals surface area contributed by atoms with Gasteiger partial charge in [0.15, 0.2) is 0 Å². The van der Waals surface area contributed by atoms with Crippen LogP contribution in [-0.2, 0) is 0 Å². The molecular weight excluding hydrogens is 277 g/mol. The lowest BCUT2D eigenvalue weighted by Gasteiger charge is -2.19. The maximum absolute atomic E-state index is 9.27. The van der Waals surface area contributed by atoms with Crippen molar-refractivity contribution in [2.75, 3.05) is 6.61 Å². The average molecular weight is 293 g/mol. The Morgan fingerprint density at radius 3 is 2.60 bits per heavy atom. The van der Waals surface area contributed by atoms with E-state index in [0.717, 1.165) is 10.0 Å². The maximum Gasteiger partial charge on any atom is 0.0626 e. The lowest BCUT2D eigenvalue weighted by Crippen LogP contribution is -2.30. The van der Waals surface area contributed by atoms with Gasteiger partial charge in [-0.25, -0.2) is 0 Å². The van der Waals surface area contributed by atoms with Crippen molar-refractivity contribution in [2.24, 2.45) is 0 Å². The third kappa shape index (κ3) is 3.76. The van der Waals surface area contributed by atoms with E-state index in [-0.39, 0.29) is 12.6 Å². The highest BCUT2D eigenvalue weighted by molar-refractivity contribution is 9.10. The molecular formula is C11H15BrClNO. The van der Waals surface area contributed by atoms with Crippen molar-refractivity contribution in [3.8, 4) is 0 Å². The van der Waals surface area contributed by atoms with Crippen molar-refractivity contribution >= 4 is 27.5 Å². The van der Waals surface area contributed by atoms with Gasteiger partial charge in [-0.05, 0) is 33.6 Å². The van der Waals surface area contributed by atoms with E-state index < -0.39 is 0 Å². The summed E-state index contributed by atoms with van der Waals surface area (Å²) in [4.78, 5) is 0. The highest BCUT2D eigenvalue weighted by Gasteiger charge is 2.12. The average Bonchev–Trinajstić information content (AvgIpc) is 2.18. The second kappa shape index (κ2) is 5.85. The van der Waals surface area contributed by atoms with Gasteiger partial charge in [-0.15, -0.1) is 0 Å². The fourth-order valence-corrected chi connectivity index (χ4v) is 1.82. The highest BCUT2D eigenvalue weighted by Crippen LogP contribution is 2.26. The van der Waals surface area contributed by atoms with Gasteiger partial charge in [0.05, 0.1) is 17.7 Å². The summed E-state index contributed by atoms with van der Waals surface area (Å²) in [5, 5.41) is 13.2. The molecule has 1 atom stereocenters. The molecule has 2 N–H and O–H groups in total. The third-order valence-electron chi connectivity index (χ3n) is 2.06. The zero-order chi connectivity index (χ0) is 11.4. The summed E-state index contributed by atoms with van der Waals surface area (Å²) in [5.74, 6) is 0. The van der Waals surface area contributed by atoms with E-state index in [1.165, 1.54) is 0 Å². The fraction of sp³-hybridized carbons (Fsp3) is 0.455. The first-order valence-corrected chi connectivity index (χ1v) is 6.03. The van der Waals surface area contributed by atoms with E-state index in [4.69, 9.17) is 11.6 Å². The highest BCUT2D eigenvalue weighted by atomic mass is 79.9. The summed E-state index contributed by atoms with van der Waals surface area (Å²) < 4.78 is 0.870. The Kier molecular flexibility index (Phi) is 5.06. The zero-order valence-electron chi connectivity index (χ0n) is 8.80. The Balaban J connectivity index is 2.87. The van der Waals surface area contributed by atoms with Crippen LogP contribution in [0.3, 0.4) is 0 Å². The molecule has 84 valence electrons. The van der Waals surface area contributed by atoms with Gasteiger partial charge in [-0.3, -0.25) is 0 Å². The number of nitrogens with one attached hydrogen (secondary N) is 1. The quantitative estimate of drug-likeness (QED) is 0.893. The van der Waals surface area contributed by atoms with Gasteiger partial charge in [0.1, 0.15) is 0 Å². The van der Waals surface area contributed by atoms with Crippen LogP contribution in [0.5, 0.6) is 0 Å². The van der Waals surface area contributed by atoms with Gasteiger partial charge in [0.2, 0.25) is 0 Å². The molecule has 1 rings (SSSR count). The van der Waals surface area contributed by atoms with Gasteiger partial charge < -0.3 is 10.4 Å². The van der Waals surface area contributed by atoms with Gasteiger partial charge in [0, 0.05) is 10.5 Å². The molecule has 0 aliphatic heterocycles. The molecule has 0 aliphatic carbocycles. The lowest BCUT2D eigenvalue weighted by atomic mass is 10.1. The van der Waals surface area contributed by atoms with E-state index in [1.54, 1.807) is 0 Å². The van der Waals surface area contributed by atoms with Crippen LogP contribution >= 0.6 is 27.5 Å². The molecule has 0 radical (unpaired) electrons. The number of rotatable bonds is 4. The third-order valence-corrected chi connectivity index (χ3v) is 3.30. The summed E-state index contributed by atoms with van der Waals surface area (Å²) in [6.45, 7) is 4.16. The van der Waals surface area contributed by atoms with Crippen molar-refractivity contribution in [2.45, 2.75) is 25.9 Å². The summed E-state index contributed by atoms with van der Waals surface area (Å²) in [6, 6.07) is 5.97. The first-order chi connectivity index (χ1) is 7.04. The first-order valence-electron chi connectivity index (χ1n) is 4.86. The summed E-state index contributed by atoms with van der Waals surface area (Å²) in [6.07, 6.45) is 0. The van der Waals surface area contributed by atoms with E-state index >= 15 is 0 Å². The standard InChI is InChI=1S/C11H15BrClNO/c1-7(2)14-11(6-15)8-3-4-9(12)10(13)5-8/h3-5,7,11,14-15H,6H2,1-2H3. The predicted molar refractivity (Wildman–Crippen MR) is 67.3 cm³/mol. The van der Waals surface area contributed by atoms with Crippen molar-refractivity contribution in [3.63, 3.8) is 0 Å². The maximum atomic E-state index is 9.27. The molecule has 1 aromatic carbocycles. The minimum Gasteiger partial charge on any atom is -0.394 e. The Morgan fingerprint density at radius 1 is 1.47 bits per heavy atom. The number of hydrogen-bond acceptors (Lipinski definition) is 2. The largest absolute Gasteiger partial charge is 0.394 e. The van der Waals surface area contributed by atoms with Crippen LogP contribution in [-0.4, -0.2) is 17.8 Å². The summed E-state index contributed by atoms with van der Waals surface area (Å²) in [7, 11) is 0. The molecule has 1 aromatic rings. The molecule has 0 aliphatic rings. The molecule has 15 heavy (non-hydrogen) atoms. The van der Waals surface area contributed by atoms with E-state index in [0.29, 0.717) is 11.1 Å². The number of aliphatic hydroxyl groups excluding tert-OH is 1. The SMILES string of the molecule is CC(C)NC(CO)c1ccc(Br)c(Cl)c1. The van der Waals surface area contributed by atoms with Crippen LogP contribution in [0.1, 0.15) is 25.5 Å². The van der Waals surface area contributed by atoms with Crippen LogP contribution < -0.4 is 5.32 Å². The molecule has 4 heteroatoms. The van der Waals surface area contributed by atoms with Gasteiger partial charge in [0.25, 0.3) is 0 Å². The Morgan fingerprint density at radius 2 is 2.13 bits per heavy atom. The summed E-state index contributed by atoms with van der Waals surface area (Å²) in [5.41, 5.74) is 0.999. The molecule has 0 amide bonds. The number of benzene rings is 1. The summed E-state index contributed by atoms with van der Waals surface area (Å²) >= 11 is 9.33. The predicted octanol–water partition coefficient (Wildman–Crippen LogP) is 3.13. The molecule has 0 heterocycles. The minimum atomic E-state index is -0.0596. The van der Waals surface area contributed by atoms with E-state index in [2.05, 4.69) is 21.2 Å². The molecule has 0 saturated heterocycles. The first kappa shape index (κ1) is 13.0. The Bertz CT molecular complexity index is 330. The number of aliphatic hydroxyl groups is 1. The smallest absolute Gasteiger partial charge is 0.0626 e. The fourth-order valence-electron chi connectivity index (χ4n) is 1.39. The van der Waals surface area contributed by atoms with Gasteiger partial charge in [-0.1, -0.05) is 31.5 Å². The van der Waals surface area contributed by atoms with Crippen LogP contribution in [0.25, 0.3) is 0 Å². The molecule has 0 aromatic heterocycles. The molecule has 0 spiro atoms. The molecule has 1 unspecified atom stereocenters. The van der Waals surface area contributed by atoms with Crippen molar-refractivity contribution in [1.82, 2.24) is 5.32 Å². The van der Waals surface area contributed by atoms with Gasteiger partial charge >= 0.3 is 0 Å². The monoisotopic (exact) mass is 291 g/mol. The number of halogens is 2. The molecule has 0 bridgehead atoms. The normalized spacial score (nSPS) is 13.2. The number of hydrogen-bond donors (Lipinski definition) is 2. The van der Waals surface area contributed by atoms with E-state index in [1.807, 2.05) is 32.0 Å². The second-order valence-electron chi connectivity index (χ2n) is 3.73. The van der Waals surface area contributed by atoms with Crippen LogP contribution in [0, 0.1) is 0 Å². The molecule has 0 saturated carbocycles. The zero-order valence-corrected chi connectivity index (χ0v) is 11.1. The van der Waals surface area contributed by atoms with Gasteiger partial charge in [-0.2, -0.15) is 0 Å². The van der Waals surface area contributed by atoms with Crippen LogP contribution in [0.15, 0.2) is 22.7 Å². The Labute approximate surface area is 104 Å². The van der Waals surface area contributed by atoms with Crippen LogP contribution in [0.4, 0.5) is 0 Å². The Hall–Kier alpha value is -0.0900. The van der Waals surface area contributed by atoms with Crippen molar-refractivity contribution in [1.29, 1.82) is 0 Å². The molecule has 2 nitrogen and oxygen atoms in total. The lowest BCUT2D eigenvalue weighted by molar-refractivity contribution is 0.237. The minimum absolute atomic E-state index is 0.0596. The second-order valence-corrected chi connectivity index (χ2v) is 4.99. The topological polar surface area (TPSA) is 32.3 Å². The molecule has 0 fully saturated rings. The van der Waals surface area contributed by atoms with Crippen LogP contribution in [0.2, 0.25) is 5.02 Å². The van der Waals surface area contributed by atoms with Crippen molar-refractivity contribution < 1.29 is 5.11 Å².